The molecule has 1 N–H and O–H groups in total. The summed E-state index contributed by atoms with van der Waals surface area (Å²) in [6.45, 7) is 10.7. The summed E-state index contributed by atoms with van der Waals surface area (Å²) >= 11 is 0. The van der Waals surface area contributed by atoms with Crippen molar-refractivity contribution in [3.05, 3.63) is 11.1 Å². The van der Waals surface area contributed by atoms with Crippen LogP contribution >= 0.6 is 0 Å². The summed E-state index contributed by atoms with van der Waals surface area (Å²) in [7, 11) is 0. The van der Waals surface area contributed by atoms with Crippen LogP contribution in [0.5, 0.6) is 0 Å². The fourth-order valence-electron chi connectivity index (χ4n) is 6.00. The number of ether oxygens (including phenoxy) is 1. The number of esters is 1. The molecule has 0 radical (unpaired) electrons. The van der Waals surface area contributed by atoms with Crippen molar-refractivity contribution in [1.82, 2.24) is 4.90 Å². The van der Waals surface area contributed by atoms with Gasteiger partial charge in [0.2, 0.25) is 5.91 Å². The number of fused-ring (bicyclic) bond motifs is 2. The number of hydrogen-bond donors (Lipinski definition) is 1. The lowest BCUT2D eigenvalue weighted by molar-refractivity contribution is -0.906. The number of quaternary nitrogens is 1. The van der Waals surface area contributed by atoms with Crippen molar-refractivity contribution in [2.24, 2.45) is 17.3 Å². The Bertz CT molecular complexity index is 635. The standard InChI is InChI=1S/C21H32N2O3/c1-14-5-4-6-21(3)12-19-16(11-18(14)21)17(20(25)26-19)13-22-7-9-23(10-8-22)15(2)24/h16-17,19H,4-13H2,1-3H3/p+1/t16-,17+,19-,21-/m1/s1. The second kappa shape index (κ2) is 6.66. The van der Waals surface area contributed by atoms with Crippen molar-refractivity contribution in [2.45, 2.75) is 59.0 Å². The molecule has 5 nitrogen and oxygen atoms in total. The highest BCUT2D eigenvalue weighted by atomic mass is 16.6. The van der Waals surface area contributed by atoms with E-state index in [1.54, 1.807) is 18.1 Å². The molecule has 2 aliphatic heterocycles. The van der Waals surface area contributed by atoms with Crippen LogP contribution in [0.1, 0.15) is 52.9 Å². The average Bonchev–Trinajstić information content (AvgIpc) is 2.88. The molecule has 4 atom stereocenters. The molecule has 0 spiro atoms. The average molecular weight is 362 g/mol. The lowest BCUT2D eigenvalue weighted by Gasteiger charge is -2.45. The van der Waals surface area contributed by atoms with Gasteiger partial charge in [-0.25, -0.2) is 0 Å². The lowest BCUT2D eigenvalue weighted by atomic mass is 9.59. The molecule has 2 aliphatic carbocycles. The molecule has 0 aromatic heterocycles. The minimum absolute atomic E-state index is 0.0296. The zero-order chi connectivity index (χ0) is 18.5. The molecule has 1 amide bonds. The molecule has 5 heteroatoms. The molecule has 3 fully saturated rings. The van der Waals surface area contributed by atoms with Crippen LogP contribution in [-0.4, -0.2) is 55.6 Å². The normalized spacial score (nSPS) is 38.0. The summed E-state index contributed by atoms with van der Waals surface area (Å²) in [5, 5.41) is 0. The van der Waals surface area contributed by atoms with Crippen molar-refractivity contribution < 1.29 is 19.2 Å². The van der Waals surface area contributed by atoms with Gasteiger partial charge in [-0.3, -0.25) is 9.59 Å². The van der Waals surface area contributed by atoms with E-state index in [0.717, 1.165) is 45.6 Å². The number of carbonyl (C=O) groups is 2. The van der Waals surface area contributed by atoms with Crippen molar-refractivity contribution in [3.63, 3.8) is 0 Å². The number of carbonyl (C=O) groups excluding carboxylic acids is 2. The van der Waals surface area contributed by atoms with Gasteiger partial charge in [-0.05, 0) is 44.4 Å². The Labute approximate surface area is 156 Å². The van der Waals surface area contributed by atoms with Gasteiger partial charge in [0.25, 0.3) is 0 Å². The second-order valence-electron chi connectivity index (χ2n) is 9.29. The number of hydrogen-bond acceptors (Lipinski definition) is 3. The van der Waals surface area contributed by atoms with Gasteiger partial charge in [0.15, 0.2) is 0 Å². The predicted molar refractivity (Wildman–Crippen MR) is 98.6 cm³/mol. The highest BCUT2D eigenvalue weighted by Gasteiger charge is 2.54. The Morgan fingerprint density at radius 3 is 2.77 bits per heavy atom. The molecular formula is C21H33N2O3+. The maximum Gasteiger partial charge on any atom is 0.315 e. The van der Waals surface area contributed by atoms with Crippen LogP contribution < -0.4 is 4.90 Å². The summed E-state index contributed by atoms with van der Waals surface area (Å²) < 4.78 is 5.89. The molecule has 2 saturated heterocycles. The van der Waals surface area contributed by atoms with E-state index in [-0.39, 0.29) is 29.3 Å². The monoisotopic (exact) mass is 361 g/mol. The molecular weight excluding hydrogens is 328 g/mol. The van der Waals surface area contributed by atoms with E-state index in [1.807, 2.05) is 4.90 Å². The number of nitrogens with one attached hydrogen (secondary N) is 1. The topological polar surface area (TPSA) is 51.1 Å². The quantitative estimate of drug-likeness (QED) is 0.594. The summed E-state index contributed by atoms with van der Waals surface area (Å²) in [4.78, 5) is 27.6. The van der Waals surface area contributed by atoms with Crippen molar-refractivity contribution in [3.8, 4) is 0 Å². The fraction of sp³-hybridized carbons (Fsp3) is 0.810. The fourth-order valence-corrected chi connectivity index (χ4v) is 6.00. The van der Waals surface area contributed by atoms with Crippen LogP contribution in [0, 0.1) is 17.3 Å². The Morgan fingerprint density at radius 2 is 2.08 bits per heavy atom. The summed E-state index contributed by atoms with van der Waals surface area (Å²) in [6, 6.07) is 0. The van der Waals surface area contributed by atoms with Crippen molar-refractivity contribution in [1.29, 1.82) is 0 Å². The molecule has 0 aromatic carbocycles. The number of rotatable bonds is 2. The maximum atomic E-state index is 12.7. The Kier molecular flexibility index (Phi) is 4.62. The van der Waals surface area contributed by atoms with Gasteiger partial charge in [-0.2, -0.15) is 0 Å². The molecule has 4 aliphatic rings. The highest BCUT2D eigenvalue weighted by Crippen LogP contribution is 2.54. The summed E-state index contributed by atoms with van der Waals surface area (Å²) in [5.74, 6) is 0.584. The van der Waals surface area contributed by atoms with Gasteiger partial charge in [0, 0.05) is 12.8 Å². The molecule has 1 saturated carbocycles. The molecule has 2 heterocycles. The van der Waals surface area contributed by atoms with Crippen LogP contribution in [0.2, 0.25) is 0 Å². The van der Waals surface area contributed by atoms with Crippen molar-refractivity contribution in [2.75, 3.05) is 32.7 Å². The van der Waals surface area contributed by atoms with E-state index in [1.165, 1.54) is 24.2 Å². The predicted octanol–water partition coefficient (Wildman–Crippen LogP) is 1.19. The van der Waals surface area contributed by atoms with Gasteiger partial charge in [-0.15, -0.1) is 0 Å². The number of amides is 1. The smallest absolute Gasteiger partial charge is 0.315 e. The molecule has 4 rings (SSSR count). The Morgan fingerprint density at radius 1 is 1.35 bits per heavy atom. The third-order valence-electron chi connectivity index (χ3n) is 7.60. The third-order valence-corrected chi connectivity index (χ3v) is 7.60. The zero-order valence-electron chi connectivity index (χ0n) is 16.5. The zero-order valence-corrected chi connectivity index (χ0v) is 16.5. The van der Waals surface area contributed by atoms with E-state index in [2.05, 4.69) is 13.8 Å². The molecule has 0 aromatic rings. The first-order chi connectivity index (χ1) is 12.4. The molecule has 0 unspecified atom stereocenters. The SMILES string of the molecule is CC(=O)N1CC[NH+](C[C@@H]2C(=O)O[C@@H]3C[C@@]4(C)CCCC(C)=C4C[C@H]23)CC1. The van der Waals surface area contributed by atoms with Gasteiger partial charge in [0.1, 0.15) is 12.0 Å². The number of allylic oxidation sites excluding steroid dienone is 2. The maximum absolute atomic E-state index is 12.7. The van der Waals surface area contributed by atoms with E-state index in [0.29, 0.717) is 5.92 Å². The van der Waals surface area contributed by atoms with E-state index >= 15 is 0 Å². The van der Waals surface area contributed by atoms with Gasteiger partial charge >= 0.3 is 5.97 Å². The van der Waals surface area contributed by atoms with E-state index in [9.17, 15) is 9.59 Å². The largest absolute Gasteiger partial charge is 0.462 e. The first-order valence-corrected chi connectivity index (χ1v) is 10.4. The third kappa shape index (κ3) is 3.08. The summed E-state index contributed by atoms with van der Waals surface area (Å²) in [5.41, 5.74) is 3.45. The number of piperazine rings is 1. The molecule has 0 bridgehead atoms. The number of nitrogens with zero attached hydrogens (tertiary/aromatic N) is 1. The Balaban J connectivity index is 1.45. The van der Waals surface area contributed by atoms with Crippen molar-refractivity contribution >= 4 is 11.9 Å². The first-order valence-electron chi connectivity index (χ1n) is 10.4. The van der Waals surface area contributed by atoms with E-state index in [4.69, 9.17) is 4.74 Å². The van der Waals surface area contributed by atoms with Crippen LogP contribution in [0.4, 0.5) is 0 Å². The van der Waals surface area contributed by atoms with E-state index < -0.39 is 0 Å². The summed E-state index contributed by atoms with van der Waals surface area (Å²) in [6.07, 6.45) is 5.91. The molecule has 26 heavy (non-hydrogen) atoms. The minimum Gasteiger partial charge on any atom is -0.462 e. The highest BCUT2D eigenvalue weighted by molar-refractivity contribution is 5.75. The second-order valence-corrected chi connectivity index (χ2v) is 9.29. The minimum atomic E-state index is 0.0296. The molecule has 144 valence electrons. The van der Waals surface area contributed by atoms with Crippen LogP contribution in [-0.2, 0) is 14.3 Å². The lowest BCUT2D eigenvalue weighted by Crippen LogP contribution is -3.15. The van der Waals surface area contributed by atoms with Gasteiger partial charge in [0.05, 0.1) is 32.7 Å². The van der Waals surface area contributed by atoms with Crippen LogP contribution in [0.3, 0.4) is 0 Å². The van der Waals surface area contributed by atoms with Gasteiger partial charge in [-0.1, -0.05) is 18.1 Å². The van der Waals surface area contributed by atoms with Crippen LogP contribution in [0.25, 0.3) is 0 Å². The first kappa shape index (κ1) is 18.0. The van der Waals surface area contributed by atoms with Gasteiger partial charge < -0.3 is 14.5 Å². The Hall–Kier alpha value is -1.36. The van der Waals surface area contributed by atoms with Crippen LogP contribution in [0.15, 0.2) is 11.1 Å².